The number of aliphatic hydroxyl groups is 1. The molecular weight excluding hydrogens is 174 g/mol. The smallest absolute Gasteiger partial charge is 0.242 e. The van der Waals surface area contributed by atoms with Crippen LogP contribution >= 0.6 is 0 Å². The Morgan fingerprint density at radius 1 is 1.38 bits per heavy atom. The maximum atomic E-state index is 11.0. The van der Waals surface area contributed by atoms with Crippen molar-refractivity contribution in [3.8, 4) is 0 Å². The maximum absolute atomic E-state index is 11.0. The van der Waals surface area contributed by atoms with Crippen molar-refractivity contribution in [3.63, 3.8) is 0 Å². The Morgan fingerprint density at radius 3 is 2.08 bits per heavy atom. The Labute approximate surface area is 76.3 Å². The van der Waals surface area contributed by atoms with Crippen LogP contribution in [-0.4, -0.2) is 35.1 Å². The molecule has 6 heteroatoms. The van der Waals surface area contributed by atoms with Gasteiger partial charge in [-0.2, -0.15) is 0 Å². The van der Waals surface area contributed by atoms with Crippen LogP contribution in [0.25, 0.3) is 0 Å². The average molecular weight is 189 g/mol. The summed E-state index contributed by atoms with van der Waals surface area (Å²) >= 11 is 0. The van der Waals surface area contributed by atoms with E-state index < -0.39 is 30.0 Å². The lowest BCUT2D eigenvalue weighted by Crippen LogP contribution is -2.54. The lowest BCUT2D eigenvalue weighted by Gasteiger charge is -2.18. The SMILES string of the molecule is C[C@@H](N)C(=O)N[C@H](C(N)=O)[C@@H](C)O. The van der Waals surface area contributed by atoms with E-state index in [0.29, 0.717) is 0 Å². The molecule has 0 aliphatic heterocycles. The predicted molar refractivity (Wildman–Crippen MR) is 46.5 cm³/mol. The van der Waals surface area contributed by atoms with Crippen molar-refractivity contribution in [2.75, 3.05) is 0 Å². The number of carbonyl (C=O) groups excluding carboxylic acids is 2. The molecule has 0 aliphatic rings. The van der Waals surface area contributed by atoms with Gasteiger partial charge in [0.2, 0.25) is 11.8 Å². The van der Waals surface area contributed by atoms with Crippen molar-refractivity contribution in [2.45, 2.75) is 32.0 Å². The fraction of sp³-hybridized carbons (Fsp3) is 0.714. The van der Waals surface area contributed by atoms with Gasteiger partial charge in [-0.3, -0.25) is 9.59 Å². The van der Waals surface area contributed by atoms with E-state index in [0.717, 1.165) is 0 Å². The second kappa shape index (κ2) is 4.78. The summed E-state index contributed by atoms with van der Waals surface area (Å²) < 4.78 is 0. The van der Waals surface area contributed by atoms with Gasteiger partial charge in [0.05, 0.1) is 12.1 Å². The van der Waals surface area contributed by atoms with Crippen molar-refractivity contribution in [1.29, 1.82) is 0 Å². The molecule has 13 heavy (non-hydrogen) atoms. The molecule has 0 aromatic carbocycles. The molecule has 0 bridgehead atoms. The maximum Gasteiger partial charge on any atom is 0.242 e. The topological polar surface area (TPSA) is 118 Å². The van der Waals surface area contributed by atoms with Crippen molar-refractivity contribution in [3.05, 3.63) is 0 Å². The molecule has 2 amide bonds. The fourth-order valence-corrected chi connectivity index (χ4v) is 0.714. The van der Waals surface area contributed by atoms with Crippen LogP contribution in [-0.2, 0) is 9.59 Å². The molecule has 0 fully saturated rings. The molecule has 0 aromatic rings. The van der Waals surface area contributed by atoms with Gasteiger partial charge in [-0.05, 0) is 13.8 Å². The molecule has 0 spiro atoms. The van der Waals surface area contributed by atoms with Crippen LogP contribution in [0.4, 0.5) is 0 Å². The summed E-state index contributed by atoms with van der Waals surface area (Å²) in [5.41, 5.74) is 10.2. The lowest BCUT2D eigenvalue weighted by atomic mass is 10.1. The van der Waals surface area contributed by atoms with E-state index in [1.165, 1.54) is 13.8 Å². The Kier molecular flexibility index (Phi) is 4.36. The van der Waals surface area contributed by atoms with Gasteiger partial charge in [-0.25, -0.2) is 0 Å². The predicted octanol–water partition coefficient (Wildman–Crippen LogP) is -2.32. The average Bonchev–Trinajstić information content (AvgIpc) is 1.97. The van der Waals surface area contributed by atoms with Gasteiger partial charge in [0.1, 0.15) is 6.04 Å². The molecule has 0 unspecified atom stereocenters. The van der Waals surface area contributed by atoms with Gasteiger partial charge in [-0.1, -0.05) is 0 Å². The van der Waals surface area contributed by atoms with Crippen molar-refractivity contribution >= 4 is 11.8 Å². The third-order valence-electron chi connectivity index (χ3n) is 1.50. The van der Waals surface area contributed by atoms with Gasteiger partial charge in [0, 0.05) is 0 Å². The molecule has 76 valence electrons. The molecule has 0 saturated carbocycles. The minimum atomic E-state index is -1.08. The number of hydrogen-bond donors (Lipinski definition) is 4. The van der Waals surface area contributed by atoms with Crippen LogP contribution in [0.15, 0.2) is 0 Å². The number of carbonyl (C=O) groups is 2. The third-order valence-corrected chi connectivity index (χ3v) is 1.50. The van der Waals surface area contributed by atoms with Gasteiger partial charge >= 0.3 is 0 Å². The van der Waals surface area contributed by atoms with E-state index in [9.17, 15) is 9.59 Å². The molecule has 6 N–H and O–H groups in total. The number of primary amides is 1. The van der Waals surface area contributed by atoms with E-state index >= 15 is 0 Å². The summed E-state index contributed by atoms with van der Waals surface area (Å²) in [5, 5.41) is 11.3. The fourth-order valence-electron chi connectivity index (χ4n) is 0.714. The minimum Gasteiger partial charge on any atom is -0.391 e. The normalized spacial score (nSPS) is 17.2. The Hall–Kier alpha value is -1.14. The largest absolute Gasteiger partial charge is 0.391 e. The number of hydrogen-bond acceptors (Lipinski definition) is 4. The molecule has 0 heterocycles. The number of amides is 2. The number of aliphatic hydroxyl groups excluding tert-OH is 1. The van der Waals surface area contributed by atoms with E-state index in [4.69, 9.17) is 16.6 Å². The molecule has 0 radical (unpaired) electrons. The van der Waals surface area contributed by atoms with Crippen LogP contribution < -0.4 is 16.8 Å². The second-order valence-electron chi connectivity index (χ2n) is 2.92. The van der Waals surface area contributed by atoms with Crippen LogP contribution in [0.5, 0.6) is 0 Å². The highest BCUT2D eigenvalue weighted by molar-refractivity contribution is 5.89. The molecule has 0 aliphatic carbocycles. The Morgan fingerprint density at radius 2 is 1.85 bits per heavy atom. The van der Waals surface area contributed by atoms with Crippen molar-refractivity contribution < 1.29 is 14.7 Å². The summed E-state index contributed by atoms with van der Waals surface area (Å²) in [7, 11) is 0. The number of nitrogens with one attached hydrogen (secondary N) is 1. The Bertz CT molecular complexity index is 203. The zero-order chi connectivity index (χ0) is 10.6. The first-order valence-corrected chi connectivity index (χ1v) is 3.89. The van der Waals surface area contributed by atoms with E-state index in [-0.39, 0.29) is 0 Å². The summed E-state index contributed by atoms with van der Waals surface area (Å²) in [5.74, 6) is -1.31. The molecular formula is C7H15N3O3. The molecule has 6 nitrogen and oxygen atoms in total. The molecule has 0 saturated heterocycles. The number of rotatable bonds is 4. The zero-order valence-electron chi connectivity index (χ0n) is 7.65. The highest BCUT2D eigenvalue weighted by Crippen LogP contribution is 1.92. The highest BCUT2D eigenvalue weighted by atomic mass is 16.3. The first-order chi connectivity index (χ1) is 5.86. The first kappa shape index (κ1) is 11.9. The second-order valence-corrected chi connectivity index (χ2v) is 2.92. The molecule has 0 aromatic heterocycles. The van der Waals surface area contributed by atoms with Gasteiger partial charge in [0.15, 0.2) is 0 Å². The van der Waals surface area contributed by atoms with Crippen molar-refractivity contribution in [2.24, 2.45) is 11.5 Å². The third kappa shape index (κ3) is 3.86. The van der Waals surface area contributed by atoms with Gasteiger partial charge in [0.25, 0.3) is 0 Å². The minimum absolute atomic E-state index is 0.523. The Balaban J connectivity index is 4.27. The quantitative estimate of drug-likeness (QED) is 0.397. The molecule has 3 atom stereocenters. The van der Waals surface area contributed by atoms with Gasteiger partial charge in [-0.15, -0.1) is 0 Å². The van der Waals surface area contributed by atoms with Crippen LogP contribution in [0.2, 0.25) is 0 Å². The van der Waals surface area contributed by atoms with E-state index in [1.807, 2.05) is 0 Å². The number of nitrogens with two attached hydrogens (primary N) is 2. The van der Waals surface area contributed by atoms with Crippen molar-refractivity contribution in [1.82, 2.24) is 5.32 Å². The summed E-state index contributed by atoms with van der Waals surface area (Å²) in [4.78, 5) is 21.7. The van der Waals surface area contributed by atoms with Crippen LogP contribution in [0.1, 0.15) is 13.8 Å². The lowest BCUT2D eigenvalue weighted by molar-refractivity contribution is -0.130. The zero-order valence-corrected chi connectivity index (χ0v) is 7.65. The van der Waals surface area contributed by atoms with Gasteiger partial charge < -0.3 is 21.9 Å². The van der Waals surface area contributed by atoms with Crippen LogP contribution in [0, 0.1) is 0 Å². The summed E-state index contributed by atoms with van der Waals surface area (Å²) in [6, 6.07) is -1.82. The van der Waals surface area contributed by atoms with E-state index in [2.05, 4.69) is 5.32 Å². The highest BCUT2D eigenvalue weighted by Gasteiger charge is 2.23. The molecule has 0 rings (SSSR count). The van der Waals surface area contributed by atoms with Crippen LogP contribution in [0.3, 0.4) is 0 Å². The van der Waals surface area contributed by atoms with E-state index in [1.54, 1.807) is 0 Å². The standard InChI is InChI=1S/C7H15N3O3/c1-3(8)7(13)10-5(4(2)11)6(9)12/h3-5,11H,8H2,1-2H3,(H2,9,12)(H,10,13)/t3-,4-,5+/m1/s1. The first-order valence-electron chi connectivity index (χ1n) is 3.89. The summed E-state index contributed by atoms with van der Waals surface area (Å²) in [6.07, 6.45) is -1.03. The monoisotopic (exact) mass is 189 g/mol. The summed E-state index contributed by atoms with van der Waals surface area (Å²) in [6.45, 7) is 2.83.